The van der Waals surface area contributed by atoms with Gasteiger partial charge in [-0.05, 0) is 26.7 Å². The standard InChI is InChI=1S/C13H20N2O2/c1-9-10(2)14-12(15-11(9)16)13(17-3)7-5-4-6-8-13/h4-8H2,1-3H3,(H,14,15,16). The number of aromatic nitrogens is 2. The summed E-state index contributed by atoms with van der Waals surface area (Å²) in [6, 6.07) is 0. The largest absolute Gasteiger partial charge is 0.370 e. The molecule has 0 aliphatic heterocycles. The molecule has 94 valence electrons. The molecular formula is C13H20N2O2. The van der Waals surface area contributed by atoms with Crippen LogP contribution in [0.2, 0.25) is 0 Å². The number of hydrogen-bond acceptors (Lipinski definition) is 3. The Morgan fingerprint density at radius 1 is 1.24 bits per heavy atom. The number of H-pyrrole nitrogens is 1. The Bertz CT molecular complexity index is 459. The van der Waals surface area contributed by atoms with Crippen LogP contribution in [0.15, 0.2) is 4.79 Å². The molecule has 1 heterocycles. The number of aryl methyl sites for hydroxylation is 1. The van der Waals surface area contributed by atoms with E-state index in [-0.39, 0.29) is 11.2 Å². The molecule has 1 aromatic rings. The smallest absolute Gasteiger partial charge is 0.254 e. The second-order valence-corrected chi connectivity index (χ2v) is 4.88. The lowest BCUT2D eigenvalue weighted by molar-refractivity contribution is -0.0518. The maximum absolute atomic E-state index is 11.8. The van der Waals surface area contributed by atoms with E-state index in [2.05, 4.69) is 9.97 Å². The molecule has 4 heteroatoms. The molecule has 0 atom stereocenters. The maximum Gasteiger partial charge on any atom is 0.254 e. The van der Waals surface area contributed by atoms with Crippen molar-refractivity contribution in [1.29, 1.82) is 0 Å². The summed E-state index contributed by atoms with van der Waals surface area (Å²) in [6.07, 6.45) is 5.37. The molecule has 1 aliphatic rings. The fourth-order valence-electron chi connectivity index (χ4n) is 2.52. The average Bonchev–Trinajstić information content (AvgIpc) is 2.36. The molecule has 0 amide bonds. The number of methoxy groups -OCH3 is 1. The van der Waals surface area contributed by atoms with E-state index < -0.39 is 0 Å². The summed E-state index contributed by atoms with van der Waals surface area (Å²) in [6.45, 7) is 3.67. The van der Waals surface area contributed by atoms with Crippen LogP contribution in [0.4, 0.5) is 0 Å². The van der Waals surface area contributed by atoms with Crippen molar-refractivity contribution in [3.63, 3.8) is 0 Å². The zero-order valence-electron chi connectivity index (χ0n) is 10.8. The van der Waals surface area contributed by atoms with Gasteiger partial charge >= 0.3 is 0 Å². The second-order valence-electron chi connectivity index (χ2n) is 4.88. The molecule has 0 unspecified atom stereocenters. The zero-order valence-corrected chi connectivity index (χ0v) is 10.8. The monoisotopic (exact) mass is 236 g/mol. The average molecular weight is 236 g/mol. The van der Waals surface area contributed by atoms with Crippen molar-refractivity contribution in [2.24, 2.45) is 0 Å². The topological polar surface area (TPSA) is 55.0 Å². The summed E-state index contributed by atoms with van der Waals surface area (Å²) in [4.78, 5) is 19.2. The normalized spacial score (nSPS) is 19.2. The summed E-state index contributed by atoms with van der Waals surface area (Å²) in [5.74, 6) is 0.702. The van der Waals surface area contributed by atoms with E-state index in [0.717, 1.165) is 31.4 Å². The van der Waals surface area contributed by atoms with Gasteiger partial charge in [-0.1, -0.05) is 19.3 Å². The van der Waals surface area contributed by atoms with Crippen LogP contribution in [0.3, 0.4) is 0 Å². The van der Waals surface area contributed by atoms with Crippen LogP contribution < -0.4 is 5.56 Å². The molecule has 17 heavy (non-hydrogen) atoms. The van der Waals surface area contributed by atoms with Gasteiger partial charge in [0.25, 0.3) is 5.56 Å². The molecule has 1 saturated carbocycles. The van der Waals surface area contributed by atoms with Crippen molar-refractivity contribution in [3.05, 3.63) is 27.4 Å². The van der Waals surface area contributed by atoms with Gasteiger partial charge in [0.1, 0.15) is 11.4 Å². The number of ether oxygens (including phenoxy) is 1. The first-order valence-electron chi connectivity index (χ1n) is 6.22. The third kappa shape index (κ3) is 2.14. The van der Waals surface area contributed by atoms with Gasteiger partial charge in [0.2, 0.25) is 0 Å². The van der Waals surface area contributed by atoms with Crippen molar-refractivity contribution >= 4 is 0 Å². The van der Waals surface area contributed by atoms with E-state index in [1.807, 2.05) is 6.92 Å². The summed E-state index contributed by atoms with van der Waals surface area (Å²) < 4.78 is 5.68. The first-order valence-corrected chi connectivity index (χ1v) is 6.22. The number of hydrogen-bond donors (Lipinski definition) is 1. The van der Waals surface area contributed by atoms with Crippen molar-refractivity contribution in [2.75, 3.05) is 7.11 Å². The minimum atomic E-state index is -0.379. The van der Waals surface area contributed by atoms with Gasteiger partial charge in [-0.15, -0.1) is 0 Å². The van der Waals surface area contributed by atoms with Crippen LogP contribution in [0.1, 0.15) is 49.2 Å². The molecule has 1 aromatic heterocycles. The quantitative estimate of drug-likeness (QED) is 0.856. The van der Waals surface area contributed by atoms with Gasteiger partial charge in [0.05, 0.1) is 0 Å². The molecular weight excluding hydrogens is 216 g/mol. The first-order chi connectivity index (χ1) is 8.09. The fourth-order valence-corrected chi connectivity index (χ4v) is 2.52. The highest BCUT2D eigenvalue weighted by molar-refractivity contribution is 5.17. The first kappa shape index (κ1) is 12.3. The van der Waals surface area contributed by atoms with Crippen LogP contribution in [0.5, 0.6) is 0 Å². The number of aromatic amines is 1. The molecule has 1 N–H and O–H groups in total. The Morgan fingerprint density at radius 3 is 2.41 bits per heavy atom. The molecule has 1 fully saturated rings. The summed E-state index contributed by atoms with van der Waals surface area (Å²) in [7, 11) is 1.71. The zero-order chi connectivity index (χ0) is 12.5. The lowest BCUT2D eigenvalue weighted by atomic mass is 9.84. The van der Waals surface area contributed by atoms with Crippen LogP contribution >= 0.6 is 0 Å². The van der Waals surface area contributed by atoms with E-state index in [1.54, 1.807) is 14.0 Å². The van der Waals surface area contributed by atoms with Crippen LogP contribution in [0.25, 0.3) is 0 Å². The lowest BCUT2D eigenvalue weighted by Gasteiger charge is -2.35. The molecule has 4 nitrogen and oxygen atoms in total. The molecule has 1 aliphatic carbocycles. The van der Waals surface area contributed by atoms with Gasteiger partial charge in [-0.25, -0.2) is 4.98 Å². The molecule has 2 rings (SSSR count). The predicted octanol–water partition coefficient (Wildman–Crippen LogP) is 2.19. The molecule has 0 bridgehead atoms. The third-order valence-corrected chi connectivity index (χ3v) is 3.88. The second kappa shape index (κ2) is 4.61. The number of rotatable bonds is 2. The highest BCUT2D eigenvalue weighted by Gasteiger charge is 2.36. The molecule has 0 aromatic carbocycles. The van der Waals surface area contributed by atoms with Gasteiger partial charge in [-0.2, -0.15) is 0 Å². The van der Waals surface area contributed by atoms with E-state index in [9.17, 15) is 4.79 Å². The highest BCUT2D eigenvalue weighted by atomic mass is 16.5. The highest BCUT2D eigenvalue weighted by Crippen LogP contribution is 2.37. The molecule has 0 saturated heterocycles. The summed E-state index contributed by atoms with van der Waals surface area (Å²) in [5.41, 5.74) is 1.06. The summed E-state index contributed by atoms with van der Waals surface area (Å²) >= 11 is 0. The van der Waals surface area contributed by atoms with Gasteiger partial charge < -0.3 is 9.72 Å². The van der Waals surface area contributed by atoms with Crippen molar-refractivity contribution in [3.8, 4) is 0 Å². The van der Waals surface area contributed by atoms with Crippen molar-refractivity contribution in [1.82, 2.24) is 9.97 Å². The molecule has 0 spiro atoms. The minimum Gasteiger partial charge on any atom is -0.370 e. The van der Waals surface area contributed by atoms with E-state index in [4.69, 9.17) is 4.74 Å². The predicted molar refractivity (Wildman–Crippen MR) is 66.1 cm³/mol. The van der Waals surface area contributed by atoms with Crippen LogP contribution in [-0.2, 0) is 10.3 Å². The fraction of sp³-hybridized carbons (Fsp3) is 0.692. The van der Waals surface area contributed by atoms with Crippen LogP contribution in [0, 0.1) is 13.8 Å². The molecule has 0 radical (unpaired) electrons. The van der Waals surface area contributed by atoms with E-state index in [0.29, 0.717) is 11.4 Å². The SMILES string of the molecule is COC1(c2nc(C)c(C)c(=O)[nH]2)CCCCC1. The van der Waals surface area contributed by atoms with Crippen molar-refractivity contribution in [2.45, 2.75) is 51.6 Å². The van der Waals surface area contributed by atoms with E-state index >= 15 is 0 Å². The van der Waals surface area contributed by atoms with Crippen molar-refractivity contribution < 1.29 is 4.74 Å². The Hall–Kier alpha value is -1.16. The van der Waals surface area contributed by atoms with Gasteiger partial charge in [0, 0.05) is 18.4 Å². The Labute approximate surface area is 101 Å². The van der Waals surface area contributed by atoms with Gasteiger partial charge in [0.15, 0.2) is 0 Å². The Morgan fingerprint density at radius 2 is 1.88 bits per heavy atom. The lowest BCUT2D eigenvalue weighted by Crippen LogP contribution is -2.36. The number of nitrogens with zero attached hydrogens (tertiary/aromatic N) is 1. The number of nitrogens with one attached hydrogen (secondary N) is 1. The maximum atomic E-state index is 11.8. The van der Waals surface area contributed by atoms with E-state index in [1.165, 1.54) is 6.42 Å². The van der Waals surface area contributed by atoms with Crippen LogP contribution in [-0.4, -0.2) is 17.1 Å². The third-order valence-electron chi connectivity index (χ3n) is 3.88. The van der Waals surface area contributed by atoms with Gasteiger partial charge in [-0.3, -0.25) is 4.79 Å². The minimum absolute atomic E-state index is 0.0468. The Balaban J connectivity index is 2.47. The Kier molecular flexibility index (Phi) is 3.33. The summed E-state index contributed by atoms with van der Waals surface area (Å²) in [5, 5.41) is 0.